The number of hydrogen-bond donors (Lipinski definition) is 1. The number of carbonyl (C=O) groups is 1. The number of carbonyl (C=O) groups excluding carboxylic acids is 1. The highest BCUT2D eigenvalue weighted by Gasteiger charge is 2.35. The maximum absolute atomic E-state index is 12.3. The lowest BCUT2D eigenvalue weighted by molar-refractivity contribution is -0.162. The van der Waals surface area contributed by atoms with Gasteiger partial charge in [-0.2, -0.15) is 13.2 Å². The second-order valence-electron chi connectivity index (χ2n) is 4.29. The standard InChI is InChI=1S/C11H21F3N2O/c1-4-6-16(7-11(12,13)14)10(17)9(15)8(3)5-2/h8-9H,4-7,15H2,1-3H3/t8-,9-/m0/s1. The van der Waals surface area contributed by atoms with Gasteiger partial charge in [-0.15, -0.1) is 0 Å². The maximum Gasteiger partial charge on any atom is 0.406 e. The molecule has 0 aromatic carbocycles. The van der Waals surface area contributed by atoms with Crippen molar-refractivity contribution in [2.75, 3.05) is 13.1 Å². The van der Waals surface area contributed by atoms with Crippen LogP contribution in [0.5, 0.6) is 0 Å². The van der Waals surface area contributed by atoms with Gasteiger partial charge in [0, 0.05) is 6.54 Å². The molecule has 0 saturated heterocycles. The van der Waals surface area contributed by atoms with Crippen LogP contribution in [-0.4, -0.2) is 36.1 Å². The van der Waals surface area contributed by atoms with E-state index in [4.69, 9.17) is 5.73 Å². The normalized spacial score (nSPS) is 15.5. The average Bonchev–Trinajstić information content (AvgIpc) is 2.23. The summed E-state index contributed by atoms with van der Waals surface area (Å²) in [5.41, 5.74) is 5.66. The molecule has 17 heavy (non-hydrogen) atoms. The zero-order chi connectivity index (χ0) is 13.6. The minimum atomic E-state index is -4.37. The van der Waals surface area contributed by atoms with Crippen molar-refractivity contribution >= 4 is 5.91 Å². The van der Waals surface area contributed by atoms with E-state index < -0.39 is 24.7 Å². The molecule has 6 heteroatoms. The first-order valence-electron chi connectivity index (χ1n) is 5.84. The molecule has 0 spiro atoms. The summed E-state index contributed by atoms with van der Waals surface area (Å²) in [5, 5.41) is 0. The Labute approximate surface area is 100 Å². The highest BCUT2D eigenvalue weighted by molar-refractivity contribution is 5.82. The van der Waals surface area contributed by atoms with Gasteiger partial charge in [-0.25, -0.2) is 0 Å². The molecule has 0 rings (SSSR count). The van der Waals surface area contributed by atoms with Gasteiger partial charge in [0.05, 0.1) is 6.04 Å². The number of nitrogens with zero attached hydrogens (tertiary/aromatic N) is 1. The molecule has 0 aromatic heterocycles. The summed E-state index contributed by atoms with van der Waals surface area (Å²) >= 11 is 0. The van der Waals surface area contributed by atoms with Gasteiger partial charge < -0.3 is 10.6 Å². The van der Waals surface area contributed by atoms with Crippen molar-refractivity contribution in [1.29, 1.82) is 0 Å². The summed E-state index contributed by atoms with van der Waals surface area (Å²) in [6, 6.07) is -0.853. The van der Waals surface area contributed by atoms with Gasteiger partial charge in [-0.05, 0) is 12.3 Å². The largest absolute Gasteiger partial charge is 0.406 e. The van der Waals surface area contributed by atoms with Crippen LogP contribution in [0.25, 0.3) is 0 Å². The number of nitrogens with two attached hydrogens (primary N) is 1. The maximum atomic E-state index is 12.3. The Hall–Kier alpha value is -0.780. The first-order chi connectivity index (χ1) is 7.72. The van der Waals surface area contributed by atoms with E-state index in [1.54, 1.807) is 13.8 Å². The van der Waals surface area contributed by atoms with Crippen molar-refractivity contribution in [2.24, 2.45) is 11.7 Å². The quantitative estimate of drug-likeness (QED) is 0.789. The molecule has 2 N–H and O–H groups in total. The van der Waals surface area contributed by atoms with E-state index in [-0.39, 0.29) is 12.5 Å². The van der Waals surface area contributed by atoms with Gasteiger partial charge in [0.15, 0.2) is 0 Å². The topological polar surface area (TPSA) is 46.3 Å². The monoisotopic (exact) mass is 254 g/mol. The fraction of sp³-hybridized carbons (Fsp3) is 0.909. The molecule has 0 aliphatic heterocycles. The SMILES string of the molecule is CCCN(CC(F)(F)F)C(=O)[C@@H](N)[C@@H](C)CC. The highest BCUT2D eigenvalue weighted by atomic mass is 19.4. The molecule has 0 saturated carbocycles. The van der Waals surface area contributed by atoms with Gasteiger partial charge >= 0.3 is 6.18 Å². The number of alkyl halides is 3. The van der Waals surface area contributed by atoms with Crippen LogP contribution < -0.4 is 5.73 Å². The average molecular weight is 254 g/mol. The zero-order valence-electron chi connectivity index (χ0n) is 10.5. The van der Waals surface area contributed by atoms with Crippen molar-refractivity contribution < 1.29 is 18.0 Å². The van der Waals surface area contributed by atoms with Crippen LogP contribution in [0.15, 0.2) is 0 Å². The Kier molecular flexibility index (Phi) is 6.52. The van der Waals surface area contributed by atoms with Crippen molar-refractivity contribution in [3.05, 3.63) is 0 Å². The fourth-order valence-electron chi connectivity index (χ4n) is 1.46. The Morgan fingerprint density at radius 2 is 1.88 bits per heavy atom. The van der Waals surface area contributed by atoms with Gasteiger partial charge in [-0.1, -0.05) is 27.2 Å². The first-order valence-corrected chi connectivity index (χ1v) is 5.84. The third-order valence-corrected chi connectivity index (χ3v) is 2.72. The molecule has 0 aliphatic carbocycles. The predicted octanol–water partition coefficient (Wildman–Crippen LogP) is 2.16. The van der Waals surface area contributed by atoms with Gasteiger partial charge in [0.1, 0.15) is 6.54 Å². The molecular weight excluding hydrogens is 233 g/mol. The predicted molar refractivity (Wildman–Crippen MR) is 60.4 cm³/mol. The van der Waals surface area contributed by atoms with Crippen LogP contribution in [0, 0.1) is 5.92 Å². The molecule has 0 heterocycles. The zero-order valence-corrected chi connectivity index (χ0v) is 10.5. The molecule has 0 radical (unpaired) electrons. The van der Waals surface area contributed by atoms with Crippen LogP contribution >= 0.6 is 0 Å². The summed E-state index contributed by atoms with van der Waals surface area (Å²) in [6.07, 6.45) is -3.23. The van der Waals surface area contributed by atoms with Gasteiger partial charge in [0.25, 0.3) is 0 Å². The number of amides is 1. The van der Waals surface area contributed by atoms with E-state index in [2.05, 4.69) is 0 Å². The van der Waals surface area contributed by atoms with Crippen LogP contribution in [0.3, 0.4) is 0 Å². The van der Waals surface area contributed by atoms with E-state index in [9.17, 15) is 18.0 Å². The third-order valence-electron chi connectivity index (χ3n) is 2.72. The molecule has 0 aliphatic rings. The summed E-state index contributed by atoms with van der Waals surface area (Å²) in [7, 11) is 0. The van der Waals surface area contributed by atoms with Crippen LogP contribution in [0.2, 0.25) is 0 Å². The lowest BCUT2D eigenvalue weighted by Gasteiger charge is -2.28. The molecular formula is C11H21F3N2O. The Morgan fingerprint density at radius 1 is 1.35 bits per heavy atom. The minimum Gasteiger partial charge on any atom is -0.332 e. The van der Waals surface area contributed by atoms with Crippen LogP contribution in [0.1, 0.15) is 33.6 Å². The Balaban J connectivity index is 4.64. The lowest BCUT2D eigenvalue weighted by atomic mass is 9.99. The van der Waals surface area contributed by atoms with Gasteiger partial charge in [0.2, 0.25) is 5.91 Å². The molecule has 102 valence electrons. The summed E-state index contributed by atoms with van der Waals surface area (Å²) in [5.74, 6) is -0.728. The highest BCUT2D eigenvalue weighted by Crippen LogP contribution is 2.18. The molecule has 0 fully saturated rings. The second kappa shape index (κ2) is 6.83. The molecule has 3 nitrogen and oxygen atoms in total. The summed E-state index contributed by atoms with van der Waals surface area (Å²) in [4.78, 5) is 12.6. The number of halogens is 3. The molecule has 0 bridgehead atoms. The summed E-state index contributed by atoms with van der Waals surface area (Å²) < 4.78 is 36.9. The molecule has 1 amide bonds. The van der Waals surface area contributed by atoms with Crippen molar-refractivity contribution in [1.82, 2.24) is 4.90 Å². The second-order valence-corrected chi connectivity index (χ2v) is 4.29. The van der Waals surface area contributed by atoms with Crippen LogP contribution in [0.4, 0.5) is 13.2 Å². The number of rotatable bonds is 6. The third kappa shape index (κ3) is 5.91. The smallest absolute Gasteiger partial charge is 0.332 e. The first kappa shape index (κ1) is 16.2. The van der Waals surface area contributed by atoms with Crippen molar-refractivity contribution in [3.8, 4) is 0 Å². The summed E-state index contributed by atoms with van der Waals surface area (Å²) in [6.45, 7) is 4.21. The Morgan fingerprint density at radius 3 is 2.24 bits per heavy atom. The number of hydrogen-bond acceptors (Lipinski definition) is 2. The van der Waals surface area contributed by atoms with Crippen molar-refractivity contribution in [3.63, 3.8) is 0 Å². The van der Waals surface area contributed by atoms with E-state index in [1.807, 2.05) is 6.92 Å². The molecule has 0 aromatic rings. The van der Waals surface area contributed by atoms with E-state index >= 15 is 0 Å². The van der Waals surface area contributed by atoms with E-state index in [0.717, 1.165) is 4.90 Å². The van der Waals surface area contributed by atoms with Crippen LogP contribution in [-0.2, 0) is 4.79 Å². The lowest BCUT2D eigenvalue weighted by Crippen LogP contribution is -2.50. The fourth-order valence-corrected chi connectivity index (χ4v) is 1.46. The van der Waals surface area contributed by atoms with E-state index in [1.165, 1.54) is 0 Å². The molecule has 2 atom stereocenters. The minimum absolute atomic E-state index is 0.0858. The van der Waals surface area contributed by atoms with Gasteiger partial charge in [-0.3, -0.25) is 4.79 Å². The Bertz CT molecular complexity index is 243. The van der Waals surface area contributed by atoms with Crippen molar-refractivity contribution in [2.45, 2.75) is 45.8 Å². The molecule has 0 unspecified atom stereocenters. The van der Waals surface area contributed by atoms with E-state index in [0.29, 0.717) is 12.8 Å².